The van der Waals surface area contributed by atoms with Crippen LogP contribution in [0.3, 0.4) is 0 Å². The molecular formula is C18H28N2O. The first-order chi connectivity index (χ1) is 10.3. The molecule has 3 rings (SSSR count). The molecule has 1 saturated heterocycles. The van der Waals surface area contributed by atoms with E-state index in [-0.39, 0.29) is 0 Å². The van der Waals surface area contributed by atoms with E-state index in [2.05, 4.69) is 48.5 Å². The number of piperidine rings is 1. The molecule has 0 radical (unpaired) electrons. The number of fused-ring (bicyclic) bond motifs is 1. The van der Waals surface area contributed by atoms with Gasteiger partial charge in [-0.1, -0.05) is 38.0 Å². The van der Waals surface area contributed by atoms with Gasteiger partial charge in [-0.15, -0.1) is 0 Å². The smallest absolute Gasteiger partial charge is 0.124 e. The molecule has 0 aromatic heterocycles. The second kappa shape index (κ2) is 6.80. The quantitative estimate of drug-likeness (QED) is 0.919. The highest BCUT2D eigenvalue weighted by Crippen LogP contribution is 2.36. The van der Waals surface area contributed by atoms with E-state index in [0.29, 0.717) is 12.1 Å². The van der Waals surface area contributed by atoms with Crippen LogP contribution in [0.4, 0.5) is 0 Å². The summed E-state index contributed by atoms with van der Waals surface area (Å²) in [5.74, 6) is 1.05. The van der Waals surface area contributed by atoms with Crippen LogP contribution >= 0.6 is 0 Å². The summed E-state index contributed by atoms with van der Waals surface area (Å²) in [4.78, 5) is 2.73. The van der Waals surface area contributed by atoms with Crippen molar-refractivity contribution in [1.82, 2.24) is 10.2 Å². The molecule has 3 heteroatoms. The molecule has 3 atom stereocenters. The van der Waals surface area contributed by atoms with Gasteiger partial charge in [0.25, 0.3) is 0 Å². The summed E-state index contributed by atoms with van der Waals surface area (Å²) in [7, 11) is 2.08. The van der Waals surface area contributed by atoms with E-state index in [0.717, 1.165) is 18.4 Å². The molecule has 2 aliphatic heterocycles. The maximum atomic E-state index is 6.07. The molecule has 1 aromatic rings. The largest absolute Gasteiger partial charge is 0.492 e. The van der Waals surface area contributed by atoms with Crippen molar-refractivity contribution in [2.24, 2.45) is 0 Å². The second-order valence-electron chi connectivity index (χ2n) is 6.36. The normalized spacial score (nSPS) is 29.7. The first-order valence-corrected chi connectivity index (χ1v) is 8.50. The van der Waals surface area contributed by atoms with Crippen LogP contribution < -0.4 is 10.1 Å². The number of benzene rings is 1. The van der Waals surface area contributed by atoms with Crippen molar-refractivity contribution >= 4 is 0 Å². The Morgan fingerprint density at radius 2 is 2.14 bits per heavy atom. The first kappa shape index (κ1) is 14.9. The van der Waals surface area contributed by atoms with Gasteiger partial charge in [-0.2, -0.15) is 0 Å². The Balaban J connectivity index is 1.84. The molecule has 2 aliphatic rings. The monoisotopic (exact) mass is 288 g/mol. The minimum absolute atomic E-state index is 0.382. The van der Waals surface area contributed by atoms with E-state index in [1.807, 2.05) is 0 Å². The van der Waals surface area contributed by atoms with Crippen LogP contribution in [0.5, 0.6) is 5.75 Å². The standard InChI is InChI=1S/C18H28N2O/c1-3-8-14-9-6-7-12-20(14)16-13-21-17-11-5-4-10-15(17)18(16)19-2/h4-5,10-11,14,16,18-19H,3,6-9,12-13H2,1-2H3. The fourth-order valence-corrected chi connectivity index (χ4v) is 4.09. The Morgan fingerprint density at radius 1 is 1.29 bits per heavy atom. The zero-order valence-electron chi connectivity index (χ0n) is 13.3. The molecule has 0 amide bonds. The number of nitrogens with zero attached hydrogens (tertiary/aromatic N) is 1. The van der Waals surface area contributed by atoms with Gasteiger partial charge in [-0.3, -0.25) is 4.90 Å². The van der Waals surface area contributed by atoms with Gasteiger partial charge in [0, 0.05) is 11.6 Å². The fourth-order valence-electron chi connectivity index (χ4n) is 4.09. The number of hydrogen-bond acceptors (Lipinski definition) is 3. The Hall–Kier alpha value is -1.06. The maximum absolute atomic E-state index is 6.07. The number of nitrogens with one attached hydrogen (secondary N) is 1. The average Bonchev–Trinajstić information content (AvgIpc) is 2.54. The topological polar surface area (TPSA) is 24.5 Å². The van der Waals surface area contributed by atoms with E-state index in [4.69, 9.17) is 4.74 Å². The fraction of sp³-hybridized carbons (Fsp3) is 0.667. The Labute approximate surface area is 128 Å². The highest BCUT2D eigenvalue weighted by molar-refractivity contribution is 5.38. The molecule has 1 aromatic carbocycles. The predicted octanol–water partition coefficient (Wildman–Crippen LogP) is 3.36. The summed E-state index contributed by atoms with van der Waals surface area (Å²) >= 11 is 0. The lowest BCUT2D eigenvalue weighted by atomic mass is 9.90. The van der Waals surface area contributed by atoms with Gasteiger partial charge in [-0.25, -0.2) is 0 Å². The van der Waals surface area contributed by atoms with E-state index in [9.17, 15) is 0 Å². The number of hydrogen-bond donors (Lipinski definition) is 1. The number of likely N-dealkylation sites (N-methyl/N-ethyl adjacent to an activating group) is 1. The summed E-state index contributed by atoms with van der Waals surface area (Å²) in [5, 5.41) is 3.55. The van der Waals surface area contributed by atoms with Crippen molar-refractivity contribution in [3.8, 4) is 5.75 Å². The summed E-state index contributed by atoms with van der Waals surface area (Å²) in [6.07, 6.45) is 6.65. The highest BCUT2D eigenvalue weighted by Gasteiger charge is 2.37. The second-order valence-corrected chi connectivity index (χ2v) is 6.36. The predicted molar refractivity (Wildman–Crippen MR) is 86.8 cm³/mol. The molecule has 2 heterocycles. The Kier molecular flexibility index (Phi) is 4.81. The zero-order chi connectivity index (χ0) is 14.7. The lowest BCUT2D eigenvalue weighted by Gasteiger charge is -2.46. The van der Waals surface area contributed by atoms with Crippen LogP contribution in [0.15, 0.2) is 24.3 Å². The van der Waals surface area contributed by atoms with Gasteiger partial charge in [0.1, 0.15) is 12.4 Å². The van der Waals surface area contributed by atoms with Crippen molar-refractivity contribution in [2.75, 3.05) is 20.2 Å². The van der Waals surface area contributed by atoms with Gasteiger partial charge in [0.15, 0.2) is 0 Å². The SMILES string of the molecule is CCCC1CCCCN1C1COc2ccccc2C1NC. The summed E-state index contributed by atoms with van der Waals surface area (Å²) in [5.41, 5.74) is 1.32. The van der Waals surface area contributed by atoms with Gasteiger partial charge in [0.2, 0.25) is 0 Å². The molecule has 3 nitrogen and oxygen atoms in total. The van der Waals surface area contributed by atoms with Crippen molar-refractivity contribution < 1.29 is 4.74 Å². The van der Waals surface area contributed by atoms with E-state index in [1.165, 1.54) is 44.2 Å². The van der Waals surface area contributed by atoms with E-state index in [1.54, 1.807) is 0 Å². The third-order valence-electron chi connectivity index (χ3n) is 5.08. The molecule has 3 unspecified atom stereocenters. The van der Waals surface area contributed by atoms with Crippen LogP contribution in [0, 0.1) is 0 Å². The molecule has 1 N–H and O–H groups in total. The molecule has 0 spiro atoms. The van der Waals surface area contributed by atoms with Crippen molar-refractivity contribution in [1.29, 1.82) is 0 Å². The first-order valence-electron chi connectivity index (χ1n) is 8.50. The minimum atomic E-state index is 0.382. The van der Waals surface area contributed by atoms with Gasteiger partial charge < -0.3 is 10.1 Å². The van der Waals surface area contributed by atoms with Crippen LogP contribution in [0.2, 0.25) is 0 Å². The Morgan fingerprint density at radius 3 is 2.95 bits per heavy atom. The summed E-state index contributed by atoms with van der Waals surface area (Å²) in [6, 6.07) is 10.1. The molecule has 21 heavy (non-hydrogen) atoms. The van der Waals surface area contributed by atoms with Crippen LogP contribution in [-0.4, -0.2) is 37.2 Å². The maximum Gasteiger partial charge on any atom is 0.124 e. The van der Waals surface area contributed by atoms with Crippen molar-refractivity contribution in [3.63, 3.8) is 0 Å². The van der Waals surface area contributed by atoms with Crippen LogP contribution in [-0.2, 0) is 0 Å². The zero-order valence-corrected chi connectivity index (χ0v) is 13.3. The lowest BCUT2D eigenvalue weighted by molar-refractivity contribution is 0.0290. The molecule has 116 valence electrons. The third-order valence-corrected chi connectivity index (χ3v) is 5.08. The third kappa shape index (κ3) is 2.95. The van der Waals surface area contributed by atoms with Gasteiger partial charge >= 0.3 is 0 Å². The molecular weight excluding hydrogens is 260 g/mol. The minimum Gasteiger partial charge on any atom is -0.492 e. The molecule has 0 saturated carbocycles. The number of ether oxygens (including phenoxy) is 1. The van der Waals surface area contributed by atoms with Crippen LogP contribution in [0.25, 0.3) is 0 Å². The summed E-state index contributed by atoms with van der Waals surface area (Å²) < 4.78 is 6.07. The molecule has 0 aliphatic carbocycles. The van der Waals surface area contributed by atoms with E-state index >= 15 is 0 Å². The highest BCUT2D eigenvalue weighted by atomic mass is 16.5. The van der Waals surface area contributed by atoms with Gasteiger partial charge in [0.05, 0.1) is 12.1 Å². The van der Waals surface area contributed by atoms with Crippen molar-refractivity contribution in [2.45, 2.75) is 57.2 Å². The summed E-state index contributed by atoms with van der Waals surface area (Å²) in [6.45, 7) is 4.33. The lowest BCUT2D eigenvalue weighted by Crippen LogP contribution is -2.55. The van der Waals surface area contributed by atoms with Gasteiger partial charge in [-0.05, 0) is 38.9 Å². The molecule has 1 fully saturated rings. The number of para-hydroxylation sites is 1. The number of likely N-dealkylation sites (tertiary alicyclic amines) is 1. The average molecular weight is 288 g/mol. The Bertz CT molecular complexity index is 460. The van der Waals surface area contributed by atoms with Crippen molar-refractivity contribution in [3.05, 3.63) is 29.8 Å². The molecule has 0 bridgehead atoms. The van der Waals surface area contributed by atoms with E-state index < -0.39 is 0 Å². The number of rotatable bonds is 4. The van der Waals surface area contributed by atoms with Crippen LogP contribution in [0.1, 0.15) is 50.6 Å².